The molecule has 0 aliphatic heterocycles. The van der Waals surface area contributed by atoms with Crippen LogP contribution < -0.4 is 5.32 Å². The van der Waals surface area contributed by atoms with E-state index in [2.05, 4.69) is 15.3 Å². The molecule has 0 aliphatic rings. The van der Waals surface area contributed by atoms with E-state index >= 15 is 0 Å². The van der Waals surface area contributed by atoms with Gasteiger partial charge in [0.25, 0.3) is 0 Å². The van der Waals surface area contributed by atoms with Gasteiger partial charge in [-0.15, -0.1) is 0 Å². The lowest BCUT2D eigenvalue weighted by atomic mass is 10.3. The standard InChI is InChI=1S/C16H13Cl2N3O2/c1-9(15-20-13-4-2-3-5-14(13)21-15)23-16(22)19-10-6-7-11(17)12(18)8-10/h2-9H,1H3,(H,19,22)(H,20,21)/t9-/m0/s1. The number of amides is 1. The summed E-state index contributed by atoms with van der Waals surface area (Å²) in [6, 6.07) is 12.4. The number of hydrogen-bond acceptors (Lipinski definition) is 3. The molecule has 0 saturated heterocycles. The van der Waals surface area contributed by atoms with E-state index in [1.807, 2.05) is 24.3 Å². The summed E-state index contributed by atoms with van der Waals surface area (Å²) in [6.45, 7) is 1.74. The third kappa shape index (κ3) is 3.57. The van der Waals surface area contributed by atoms with Crippen molar-refractivity contribution in [1.29, 1.82) is 0 Å². The normalized spacial score (nSPS) is 12.1. The van der Waals surface area contributed by atoms with Crippen LogP contribution in [0, 0.1) is 0 Å². The number of nitrogens with one attached hydrogen (secondary N) is 2. The summed E-state index contributed by atoms with van der Waals surface area (Å²) < 4.78 is 5.32. The number of halogens is 2. The van der Waals surface area contributed by atoms with Gasteiger partial charge in [-0.3, -0.25) is 5.32 Å². The van der Waals surface area contributed by atoms with Crippen molar-refractivity contribution in [3.05, 3.63) is 58.3 Å². The van der Waals surface area contributed by atoms with Crippen molar-refractivity contribution in [2.75, 3.05) is 5.32 Å². The molecule has 118 valence electrons. The zero-order chi connectivity index (χ0) is 16.4. The van der Waals surface area contributed by atoms with Crippen LogP contribution in [0.5, 0.6) is 0 Å². The molecule has 0 saturated carbocycles. The van der Waals surface area contributed by atoms with Gasteiger partial charge in [-0.2, -0.15) is 0 Å². The molecule has 23 heavy (non-hydrogen) atoms. The molecule has 1 heterocycles. The summed E-state index contributed by atoms with van der Waals surface area (Å²) >= 11 is 11.7. The van der Waals surface area contributed by atoms with Gasteiger partial charge in [-0.25, -0.2) is 9.78 Å². The number of carbonyl (C=O) groups is 1. The number of hydrogen-bond donors (Lipinski definition) is 2. The fraction of sp³-hybridized carbons (Fsp3) is 0.125. The van der Waals surface area contributed by atoms with E-state index in [0.29, 0.717) is 21.6 Å². The van der Waals surface area contributed by atoms with Crippen molar-refractivity contribution in [2.24, 2.45) is 0 Å². The first kappa shape index (κ1) is 15.6. The number of imidazole rings is 1. The van der Waals surface area contributed by atoms with Gasteiger partial charge in [0.1, 0.15) is 5.82 Å². The highest BCUT2D eigenvalue weighted by Gasteiger charge is 2.16. The first-order valence-electron chi connectivity index (χ1n) is 6.90. The van der Waals surface area contributed by atoms with E-state index in [1.165, 1.54) is 0 Å². The Bertz CT molecular complexity index is 830. The Balaban J connectivity index is 1.67. The van der Waals surface area contributed by atoms with Gasteiger partial charge >= 0.3 is 6.09 Å². The van der Waals surface area contributed by atoms with E-state index < -0.39 is 12.2 Å². The van der Waals surface area contributed by atoms with E-state index in [1.54, 1.807) is 25.1 Å². The molecule has 0 bridgehead atoms. The smallest absolute Gasteiger partial charge is 0.412 e. The maximum Gasteiger partial charge on any atom is 0.412 e. The molecule has 1 atom stereocenters. The summed E-state index contributed by atoms with van der Waals surface area (Å²) in [5.41, 5.74) is 2.21. The molecular formula is C16H13Cl2N3O2. The highest BCUT2D eigenvalue weighted by Crippen LogP contribution is 2.25. The lowest BCUT2D eigenvalue weighted by molar-refractivity contribution is 0.117. The van der Waals surface area contributed by atoms with Crippen LogP contribution in [0.3, 0.4) is 0 Å². The Morgan fingerprint density at radius 1 is 1.22 bits per heavy atom. The van der Waals surface area contributed by atoms with Crippen molar-refractivity contribution in [2.45, 2.75) is 13.0 Å². The monoisotopic (exact) mass is 349 g/mol. The fourth-order valence-electron chi connectivity index (χ4n) is 2.10. The molecule has 5 nitrogen and oxygen atoms in total. The van der Waals surface area contributed by atoms with Crippen LogP contribution in [0.15, 0.2) is 42.5 Å². The van der Waals surface area contributed by atoms with Crippen LogP contribution in [-0.2, 0) is 4.74 Å². The Morgan fingerprint density at radius 2 is 2.00 bits per heavy atom. The maximum atomic E-state index is 12.0. The van der Waals surface area contributed by atoms with Crippen LogP contribution in [0.4, 0.5) is 10.5 Å². The predicted octanol–water partition coefficient (Wildman–Crippen LogP) is 5.18. The van der Waals surface area contributed by atoms with Gasteiger partial charge in [0, 0.05) is 5.69 Å². The summed E-state index contributed by atoms with van der Waals surface area (Å²) in [6.07, 6.45) is -1.12. The van der Waals surface area contributed by atoms with Gasteiger partial charge < -0.3 is 9.72 Å². The minimum absolute atomic E-state index is 0.356. The second-order valence-electron chi connectivity index (χ2n) is 4.94. The van der Waals surface area contributed by atoms with Gasteiger partial charge in [0.05, 0.1) is 21.1 Å². The number of aromatic amines is 1. The fourth-order valence-corrected chi connectivity index (χ4v) is 2.40. The van der Waals surface area contributed by atoms with Crippen molar-refractivity contribution < 1.29 is 9.53 Å². The minimum Gasteiger partial charge on any atom is -0.438 e. The minimum atomic E-state index is -0.601. The van der Waals surface area contributed by atoms with Gasteiger partial charge in [0.2, 0.25) is 0 Å². The Hall–Kier alpha value is -2.24. The highest BCUT2D eigenvalue weighted by atomic mass is 35.5. The quantitative estimate of drug-likeness (QED) is 0.684. The molecular weight excluding hydrogens is 337 g/mol. The summed E-state index contributed by atoms with van der Waals surface area (Å²) in [5.74, 6) is 0.579. The second-order valence-corrected chi connectivity index (χ2v) is 5.76. The van der Waals surface area contributed by atoms with Crippen LogP contribution in [0.2, 0.25) is 10.0 Å². The van der Waals surface area contributed by atoms with Crippen molar-refractivity contribution in [1.82, 2.24) is 9.97 Å². The number of rotatable bonds is 3. The van der Waals surface area contributed by atoms with Gasteiger partial charge in [0.15, 0.2) is 6.10 Å². The lowest BCUT2D eigenvalue weighted by Crippen LogP contribution is -2.16. The van der Waals surface area contributed by atoms with E-state index in [0.717, 1.165) is 11.0 Å². The highest BCUT2D eigenvalue weighted by molar-refractivity contribution is 6.42. The van der Waals surface area contributed by atoms with Crippen LogP contribution in [0.1, 0.15) is 18.9 Å². The number of H-pyrrole nitrogens is 1. The van der Waals surface area contributed by atoms with Crippen molar-refractivity contribution >= 4 is 46.0 Å². The van der Waals surface area contributed by atoms with Crippen LogP contribution in [0.25, 0.3) is 11.0 Å². The summed E-state index contributed by atoms with van der Waals surface area (Å²) in [7, 11) is 0. The number of fused-ring (bicyclic) bond motifs is 1. The molecule has 3 aromatic rings. The molecule has 0 unspecified atom stereocenters. The number of anilines is 1. The first-order valence-corrected chi connectivity index (χ1v) is 7.66. The number of benzene rings is 2. The number of ether oxygens (including phenoxy) is 1. The molecule has 2 aromatic carbocycles. The van der Waals surface area contributed by atoms with E-state index in [-0.39, 0.29) is 0 Å². The second kappa shape index (κ2) is 6.48. The maximum absolute atomic E-state index is 12.0. The molecule has 2 N–H and O–H groups in total. The topological polar surface area (TPSA) is 67.0 Å². The molecule has 7 heteroatoms. The van der Waals surface area contributed by atoms with Gasteiger partial charge in [-0.05, 0) is 37.3 Å². The van der Waals surface area contributed by atoms with Crippen molar-refractivity contribution in [3.8, 4) is 0 Å². The molecule has 0 radical (unpaired) electrons. The third-order valence-corrected chi connectivity index (χ3v) is 3.98. The van der Waals surface area contributed by atoms with Crippen molar-refractivity contribution in [3.63, 3.8) is 0 Å². The van der Waals surface area contributed by atoms with E-state index in [4.69, 9.17) is 27.9 Å². The van der Waals surface area contributed by atoms with Gasteiger partial charge in [-0.1, -0.05) is 35.3 Å². The SMILES string of the molecule is C[C@H](OC(=O)Nc1ccc(Cl)c(Cl)c1)c1nc2ccccc2[nH]1. The molecule has 3 rings (SSSR count). The predicted molar refractivity (Wildman–Crippen MR) is 91.1 cm³/mol. The number of aromatic nitrogens is 2. The van der Waals surface area contributed by atoms with E-state index in [9.17, 15) is 4.79 Å². The Kier molecular flexibility index (Phi) is 4.41. The average molecular weight is 350 g/mol. The Labute approximate surface area is 142 Å². The summed E-state index contributed by atoms with van der Waals surface area (Å²) in [4.78, 5) is 19.5. The van der Waals surface area contributed by atoms with Crippen LogP contribution in [-0.4, -0.2) is 16.1 Å². The molecule has 1 aromatic heterocycles. The molecule has 0 fully saturated rings. The molecule has 0 aliphatic carbocycles. The summed E-state index contributed by atoms with van der Waals surface area (Å²) in [5, 5.41) is 3.37. The first-order chi connectivity index (χ1) is 11.0. The number of carbonyl (C=O) groups excluding carboxylic acids is 1. The molecule has 1 amide bonds. The Morgan fingerprint density at radius 3 is 2.74 bits per heavy atom. The third-order valence-electron chi connectivity index (χ3n) is 3.24. The van der Waals surface area contributed by atoms with Crippen LogP contribution >= 0.6 is 23.2 Å². The molecule has 0 spiro atoms. The number of para-hydroxylation sites is 2. The zero-order valence-corrected chi connectivity index (χ0v) is 13.7. The average Bonchev–Trinajstić information content (AvgIpc) is 2.95. The zero-order valence-electron chi connectivity index (χ0n) is 12.1. The lowest BCUT2D eigenvalue weighted by Gasteiger charge is -2.12. The largest absolute Gasteiger partial charge is 0.438 e. The number of nitrogens with zero attached hydrogens (tertiary/aromatic N) is 1.